The molecule has 4 heteroatoms. The monoisotopic (exact) mass is 297 g/mol. The van der Waals surface area contributed by atoms with E-state index in [1.807, 2.05) is 24.3 Å². The summed E-state index contributed by atoms with van der Waals surface area (Å²) in [4.78, 5) is 0. The predicted molar refractivity (Wildman–Crippen MR) is 82.0 cm³/mol. The summed E-state index contributed by atoms with van der Waals surface area (Å²) in [7, 11) is 0. The lowest BCUT2D eigenvalue weighted by molar-refractivity contribution is -0.0211. The summed E-state index contributed by atoms with van der Waals surface area (Å²) in [5.41, 5.74) is 7.29. The Bertz CT molecular complexity index is 407. The largest absolute Gasteiger partial charge is 0.381 e. The fourth-order valence-corrected chi connectivity index (χ4v) is 2.72. The van der Waals surface area contributed by atoms with Crippen LogP contribution in [0.1, 0.15) is 37.9 Å². The van der Waals surface area contributed by atoms with E-state index in [0.717, 1.165) is 49.7 Å². The standard InChI is InChI=1S/C16H24ClNO2/c1-2-15(18)16(13-4-3-5-14(17)10-13)20-11-12-6-8-19-9-7-12/h3-5,10,12,15-16H,2,6-9,11,18H2,1H3. The first kappa shape index (κ1) is 15.8. The molecule has 0 radical (unpaired) electrons. The predicted octanol–water partition coefficient (Wildman–Crippen LogP) is 3.56. The van der Waals surface area contributed by atoms with Crippen molar-refractivity contribution in [3.05, 3.63) is 34.9 Å². The smallest absolute Gasteiger partial charge is 0.0976 e. The van der Waals surface area contributed by atoms with Crippen molar-refractivity contribution in [3.63, 3.8) is 0 Å². The van der Waals surface area contributed by atoms with Crippen LogP contribution >= 0.6 is 11.6 Å². The first-order chi connectivity index (χ1) is 9.70. The Morgan fingerprint density at radius 2 is 2.15 bits per heavy atom. The summed E-state index contributed by atoms with van der Waals surface area (Å²) in [6, 6.07) is 7.80. The third-order valence-corrected chi connectivity index (χ3v) is 4.12. The van der Waals surface area contributed by atoms with E-state index in [4.69, 9.17) is 26.8 Å². The molecule has 0 aromatic heterocycles. The van der Waals surface area contributed by atoms with Crippen LogP contribution in [0.4, 0.5) is 0 Å². The maximum atomic E-state index is 6.22. The van der Waals surface area contributed by atoms with Crippen LogP contribution < -0.4 is 5.73 Å². The molecule has 0 amide bonds. The molecule has 1 aromatic rings. The van der Waals surface area contributed by atoms with Gasteiger partial charge in [0.25, 0.3) is 0 Å². The number of hydrogen-bond donors (Lipinski definition) is 1. The SMILES string of the molecule is CCC(N)C(OCC1CCOCC1)c1cccc(Cl)c1. The molecule has 1 aromatic carbocycles. The second-order valence-corrected chi connectivity index (χ2v) is 5.87. The fraction of sp³-hybridized carbons (Fsp3) is 0.625. The lowest BCUT2D eigenvalue weighted by Crippen LogP contribution is -2.31. The first-order valence-electron chi connectivity index (χ1n) is 7.41. The Hall–Kier alpha value is -0.610. The van der Waals surface area contributed by atoms with Gasteiger partial charge in [-0.2, -0.15) is 0 Å². The molecule has 1 heterocycles. The van der Waals surface area contributed by atoms with Crippen molar-refractivity contribution in [2.45, 2.75) is 38.3 Å². The molecule has 0 aliphatic carbocycles. The van der Waals surface area contributed by atoms with E-state index in [9.17, 15) is 0 Å². The molecule has 1 aliphatic heterocycles. The molecule has 2 N–H and O–H groups in total. The zero-order chi connectivity index (χ0) is 14.4. The molecule has 1 aliphatic rings. The van der Waals surface area contributed by atoms with E-state index >= 15 is 0 Å². The topological polar surface area (TPSA) is 44.5 Å². The van der Waals surface area contributed by atoms with E-state index in [1.54, 1.807) is 0 Å². The summed E-state index contributed by atoms with van der Waals surface area (Å²) >= 11 is 6.07. The van der Waals surface area contributed by atoms with Gasteiger partial charge in [-0.15, -0.1) is 0 Å². The minimum Gasteiger partial charge on any atom is -0.381 e. The third-order valence-electron chi connectivity index (χ3n) is 3.89. The lowest BCUT2D eigenvalue weighted by Gasteiger charge is -2.28. The number of hydrogen-bond acceptors (Lipinski definition) is 3. The molecule has 20 heavy (non-hydrogen) atoms. The van der Waals surface area contributed by atoms with Gasteiger partial charge < -0.3 is 15.2 Å². The molecule has 3 nitrogen and oxygen atoms in total. The molecule has 2 atom stereocenters. The quantitative estimate of drug-likeness (QED) is 0.873. The average molecular weight is 298 g/mol. The molecular formula is C16H24ClNO2. The van der Waals surface area contributed by atoms with Crippen LogP contribution in [0.5, 0.6) is 0 Å². The van der Waals surface area contributed by atoms with Crippen LogP contribution in [0.15, 0.2) is 24.3 Å². The van der Waals surface area contributed by atoms with Crippen molar-refractivity contribution >= 4 is 11.6 Å². The third kappa shape index (κ3) is 4.45. The number of benzene rings is 1. The van der Waals surface area contributed by atoms with Gasteiger partial charge in [0, 0.05) is 24.3 Å². The zero-order valence-electron chi connectivity index (χ0n) is 12.1. The van der Waals surface area contributed by atoms with Crippen LogP contribution in [-0.4, -0.2) is 25.9 Å². The van der Waals surface area contributed by atoms with E-state index in [1.165, 1.54) is 0 Å². The summed E-state index contributed by atoms with van der Waals surface area (Å²) < 4.78 is 11.5. The van der Waals surface area contributed by atoms with Crippen LogP contribution in [0, 0.1) is 5.92 Å². The highest BCUT2D eigenvalue weighted by Crippen LogP contribution is 2.26. The second kappa shape index (κ2) is 7.99. The number of halogens is 1. The van der Waals surface area contributed by atoms with Gasteiger partial charge in [0.1, 0.15) is 0 Å². The molecular weight excluding hydrogens is 274 g/mol. The van der Waals surface area contributed by atoms with Crippen LogP contribution in [0.3, 0.4) is 0 Å². The van der Waals surface area contributed by atoms with Crippen molar-refractivity contribution in [2.24, 2.45) is 11.7 Å². The zero-order valence-corrected chi connectivity index (χ0v) is 12.8. The second-order valence-electron chi connectivity index (χ2n) is 5.44. The minimum absolute atomic E-state index is 0.00620. The molecule has 2 unspecified atom stereocenters. The van der Waals surface area contributed by atoms with Crippen LogP contribution in [0.2, 0.25) is 5.02 Å². The molecule has 0 saturated carbocycles. The van der Waals surface area contributed by atoms with E-state index in [2.05, 4.69) is 6.92 Å². The minimum atomic E-state index is -0.0819. The molecule has 0 bridgehead atoms. The van der Waals surface area contributed by atoms with Gasteiger partial charge in [-0.25, -0.2) is 0 Å². The van der Waals surface area contributed by atoms with Gasteiger partial charge >= 0.3 is 0 Å². The van der Waals surface area contributed by atoms with E-state index in [0.29, 0.717) is 5.92 Å². The summed E-state index contributed by atoms with van der Waals surface area (Å²) in [6.07, 6.45) is 2.94. The summed E-state index contributed by atoms with van der Waals surface area (Å²) in [5.74, 6) is 0.578. The van der Waals surface area contributed by atoms with Gasteiger partial charge in [-0.3, -0.25) is 0 Å². The van der Waals surface area contributed by atoms with Crippen molar-refractivity contribution in [1.29, 1.82) is 0 Å². The van der Waals surface area contributed by atoms with E-state index in [-0.39, 0.29) is 12.1 Å². The highest BCUT2D eigenvalue weighted by molar-refractivity contribution is 6.30. The Balaban J connectivity index is 2.00. The molecule has 112 valence electrons. The highest BCUT2D eigenvalue weighted by atomic mass is 35.5. The maximum Gasteiger partial charge on any atom is 0.0976 e. The van der Waals surface area contributed by atoms with Gasteiger partial charge in [0.2, 0.25) is 0 Å². The number of nitrogens with two attached hydrogens (primary N) is 1. The first-order valence-corrected chi connectivity index (χ1v) is 7.79. The Morgan fingerprint density at radius 1 is 1.40 bits per heavy atom. The van der Waals surface area contributed by atoms with Gasteiger partial charge in [0.15, 0.2) is 0 Å². The Kier molecular flexibility index (Phi) is 6.30. The van der Waals surface area contributed by atoms with Gasteiger partial charge in [0.05, 0.1) is 12.7 Å². The number of rotatable bonds is 6. The molecule has 1 fully saturated rings. The van der Waals surface area contributed by atoms with Crippen LogP contribution in [-0.2, 0) is 9.47 Å². The summed E-state index contributed by atoms with van der Waals surface area (Å²) in [6.45, 7) is 4.51. The normalized spacial score (nSPS) is 19.8. The highest BCUT2D eigenvalue weighted by Gasteiger charge is 2.22. The molecule has 2 rings (SSSR count). The summed E-state index contributed by atoms with van der Waals surface area (Å²) in [5, 5.41) is 0.727. The van der Waals surface area contributed by atoms with E-state index < -0.39 is 0 Å². The average Bonchev–Trinajstić information content (AvgIpc) is 2.48. The lowest BCUT2D eigenvalue weighted by atomic mass is 9.99. The fourth-order valence-electron chi connectivity index (χ4n) is 2.52. The molecule has 0 spiro atoms. The Labute approximate surface area is 126 Å². The van der Waals surface area contributed by atoms with Gasteiger partial charge in [-0.1, -0.05) is 30.7 Å². The molecule has 1 saturated heterocycles. The van der Waals surface area contributed by atoms with Crippen molar-refractivity contribution in [1.82, 2.24) is 0 Å². The van der Waals surface area contributed by atoms with Crippen molar-refractivity contribution in [3.8, 4) is 0 Å². The van der Waals surface area contributed by atoms with Crippen molar-refractivity contribution in [2.75, 3.05) is 19.8 Å². The van der Waals surface area contributed by atoms with Crippen LogP contribution in [0.25, 0.3) is 0 Å². The Morgan fingerprint density at radius 3 is 2.80 bits per heavy atom. The van der Waals surface area contributed by atoms with Crippen molar-refractivity contribution < 1.29 is 9.47 Å². The van der Waals surface area contributed by atoms with Gasteiger partial charge in [-0.05, 0) is 42.9 Å². The number of ether oxygens (including phenoxy) is 2. The maximum absolute atomic E-state index is 6.22.